The fraction of sp³-hybridized carbons (Fsp3) is 0.820. The summed E-state index contributed by atoms with van der Waals surface area (Å²) in [6, 6.07) is 0. The number of carbonyl (C=O) groups excluding carboxylic acids is 3. The minimum atomic E-state index is -1.10. The van der Waals surface area contributed by atoms with Crippen molar-refractivity contribution in [3.05, 3.63) is 48.6 Å². The quantitative estimate of drug-likeness (QED) is 0.0199. The predicted octanol–water partition coefficient (Wildman–Crippen LogP) is 19.3. The standard InChI is InChI=1S/C61H110O6/c1-5-8-11-14-17-20-23-26-29-32-35-38-41-44-47-50-53-65-59(62)56-58(61(64)67-55-52-49-46-43-40-37-34-31-28-25-22-19-16-13-10-7-3)57(4)60(63)66-54-51-48-45-42-39-36-33-30-27-24-21-18-15-12-9-6-2/h26-31,58H,4-25,32-56H2,1-3H3. The Hall–Kier alpha value is -2.63. The average molecular weight is 940 g/mol. The Balaban J connectivity index is 4.52. The number of rotatable bonds is 53. The van der Waals surface area contributed by atoms with Crippen LogP contribution in [0.4, 0.5) is 0 Å². The summed E-state index contributed by atoms with van der Waals surface area (Å²) >= 11 is 0. The van der Waals surface area contributed by atoms with Crippen molar-refractivity contribution in [3.8, 4) is 0 Å². The Morgan fingerprint density at radius 2 is 0.597 bits per heavy atom. The summed E-state index contributed by atoms with van der Waals surface area (Å²) in [5.41, 5.74) is -0.0234. The molecule has 0 bridgehead atoms. The molecule has 0 spiro atoms. The Labute approximate surface area is 416 Å². The summed E-state index contributed by atoms with van der Waals surface area (Å²) < 4.78 is 16.7. The van der Waals surface area contributed by atoms with E-state index in [1.807, 2.05) is 0 Å². The van der Waals surface area contributed by atoms with Crippen LogP contribution in [-0.2, 0) is 28.6 Å². The number of carbonyl (C=O) groups is 3. The minimum Gasteiger partial charge on any atom is -0.466 e. The van der Waals surface area contributed by atoms with Gasteiger partial charge >= 0.3 is 17.9 Å². The van der Waals surface area contributed by atoms with Gasteiger partial charge in [-0.1, -0.05) is 237 Å². The molecule has 0 aromatic heterocycles. The largest absolute Gasteiger partial charge is 0.466 e. The lowest BCUT2D eigenvalue weighted by atomic mass is 9.97. The monoisotopic (exact) mass is 939 g/mol. The third-order valence-electron chi connectivity index (χ3n) is 13.0. The Morgan fingerprint density at radius 3 is 0.910 bits per heavy atom. The summed E-state index contributed by atoms with van der Waals surface area (Å²) in [5.74, 6) is -2.84. The maximum absolute atomic E-state index is 13.3. The van der Waals surface area contributed by atoms with Gasteiger partial charge in [0.25, 0.3) is 0 Å². The number of allylic oxidation sites excluding steroid dienone is 6. The minimum absolute atomic E-state index is 0.0234. The van der Waals surface area contributed by atoms with Crippen molar-refractivity contribution in [1.29, 1.82) is 0 Å². The second-order valence-electron chi connectivity index (χ2n) is 19.6. The highest BCUT2D eigenvalue weighted by Gasteiger charge is 2.31. The molecule has 6 nitrogen and oxygen atoms in total. The SMILES string of the molecule is C=C(C(=O)OCCCCCCCCC=CCCCCCCCC)C(CC(=O)OCCCCCCCCC=CCCCCCCCC)C(=O)OCCCCCCCCC=CCCCCCCCC. The molecule has 0 saturated heterocycles. The number of esters is 3. The van der Waals surface area contributed by atoms with Crippen LogP contribution in [0.3, 0.4) is 0 Å². The molecule has 0 aromatic rings. The summed E-state index contributed by atoms with van der Waals surface area (Å²) in [4.78, 5) is 39.4. The molecule has 0 aliphatic rings. The van der Waals surface area contributed by atoms with Crippen LogP contribution in [0.2, 0.25) is 0 Å². The van der Waals surface area contributed by atoms with Crippen LogP contribution in [0.15, 0.2) is 48.6 Å². The molecule has 0 fully saturated rings. The van der Waals surface area contributed by atoms with E-state index in [0.717, 1.165) is 77.0 Å². The lowest BCUT2D eigenvalue weighted by Gasteiger charge is -2.17. The second-order valence-corrected chi connectivity index (χ2v) is 19.6. The summed E-state index contributed by atoms with van der Waals surface area (Å²) in [5, 5.41) is 0. The Kier molecular flexibility index (Phi) is 52.2. The van der Waals surface area contributed by atoms with Gasteiger partial charge in [-0.15, -0.1) is 0 Å². The zero-order chi connectivity index (χ0) is 48.8. The molecule has 390 valence electrons. The normalized spacial score (nSPS) is 12.2. The van der Waals surface area contributed by atoms with Crippen molar-refractivity contribution in [3.63, 3.8) is 0 Å². The van der Waals surface area contributed by atoms with Crippen molar-refractivity contribution in [2.45, 2.75) is 297 Å². The highest BCUT2D eigenvalue weighted by molar-refractivity contribution is 5.96. The number of hydrogen-bond donors (Lipinski definition) is 0. The maximum Gasteiger partial charge on any atom is 0.334 e. The van der Waals surface area contributed by atoms with Crippen LogP contribution in [0, 0.1) is 5.92 Å². The molecule has 0 amide bonds. The van der Waals surface area contributed by atoms with E-state index in [1.165, 1.54) is 193 Å². The van der Waals surface area contributed by atoms with Crippen molar-refractivity contribution in [1.82, 2.24) is 0 Å². The predicted molar refractivity (Wildman–Crippen MR) is 288 cm³/mol. The Bertz CT molecular complexity index is 1190. The second kappa shape index (κ2) is 54.3. The van der Waals surface area contributed by atoms with E-state index < -0.39 is 23.8 Å². The maximum atomic E-state index is 13.3. The molecule has 0 rings (SSSR count). The molecular weight excluding hydrogens is 829 g/mol. The van der Waals surface area contributed by atoms with Gasteiger partial charge in [0, 0.05) is 5.57 Å². The van der Waals surface area contributed by atoms with E-state index in [4.69, 9.17) is 14.2 Å². The van der Waals surface area contributed by atoms with E-state index in [0.29, 0.717) is 6.61 Å². The summed E-state index contributed by atoms with van der Waals surface area (Å²) in [6.07, 6.45) is 64.6. The third kappa shape index (κ3) is 48.2. The van der Waals surface area contributed by atoms with E-state index in [2.05, 4.69) is 63.8 Å². The first-order valence-electron chi connectivity index (χ1n) is 29.1. The summed E-state index contributed by atoms with van der Waals surface area (Å²) in [7, 11) is 0. The fourth-order valence-corrected chi connectivity index (χ4v) is 8.48. The van der Waals surface area contributed by atoms with Gasteiger partial charge < -0.3 is 14.2 Å². The molecule has 6 heteroatoms. The van der Waals surface area contributed by atoms with E-state index in [1.54, 1.807) is 0 Å². The lowest BCUT2D eigenvalue weighted by molar-refractivity contribution is -0.155. The topological polar surface area (TPSA) is 78.9 Å². The van der Waals surface area contributed by atoms with Gasteiger partial charge in [-0.05, 0) is 96.3 Å². The van der Waals surface area contributed by atoms with Gasteiger partial charge in [0.2, 0.25) is 0 Å². The molecule has 1 unspecified atom stereocenters. The van der Waals surface area contributed by atoms with Gasteiger partial charge in [0.1, 0.15) is 0 Å². The molecular formula is C61H110O6. The molecule has 1 atom stereocenters. The van der Waals surface area contributed by atoms with Crippen LogP contribution in [-0.4, -0.2) is 37.7 Å². The molecule has 0 heterocycles. The molecule has 0 aromatic carbocycles. The van der Waals surface area contributed by atoms with Gasteiger partial charge in [0.15, 0.2) is 0 Å². The molecule has 67 heavy (non-hydrogen) atoms. The molecule has 0 saturated carbocycles. The highest BCUT2D eigenvalue weighted by Crippen LogP contribution is 2.21. The number of hydrogen-bond acceptors (Lipinski definition) is 6. The van der Waals surface area contributed by atoms with Crippen LogP contribution in [0.25, 0.3) is 0 Å². The fourth-order valence-electron chi connectivity index (χ4n) is 8.48. The van der Waals surface area contributed by atoms with Gasteiger partial charge in [-0.25, -0.2) is 4.79 Å². The third-order valence-corrected chi connectivity index (χ3v) is 13.0. The first kappa shape index (κ1) is 64.4. The van der Waals surface area contributed by atoms with Crippen molar-refractivity contribution in [2.75, 3.05) is 19.8 Å². The first-order chi connectivity index (χ1) is 33.0. The van der Waals surface area contributed by atoms with Crippen LogP contribution in [0.5, 0.6) is 0 Å². The van der Waals surface area contributed by atoms with E-state index in [9.17, 15) is 14.4 Å². The van der Waals surface area contributed by atoms with Crippen molar-refractivity contribution < 1.29 is 28.6 Å². The smallest absolute Gasteiger partial charge is 0.334 e. The summed E-state index contributed by atoms with van der Waals surface area (Å²) in [6.45, 7) is 11.6. The zero-order valence-corrected chi connectivity index (χ0v) is 44.7. The van der Waals surface area contributed by atoms with Crippen LogP contribution in [0.1, 0.15) is 297 Å². The zero-order valence-electron chi connectivity index (χ0n) is 44.7. The Morgan fingerprint density at radius 1 is 0.343 bits per heavy atom. The molecule has 0 N–H and O–H groups in total. The van der Waals surface area contributed by atoms with Gasteiger partial charge in [-0.2, -0.15) is 0 Å². The highest BCUT2D eigenvalue weighted by atomic mass is 16.5. The molecule has 0 aliphatic carbocycles. The number of unbranched alkanes of at least 4 members (excludes halogenated alkanes) is 36. The number of ether oxygens (including phenoxy) is 3. The van der Waals surface area contributed by atoms with E-state index >= 15 is 0 Å². The van der Waals surface area contributed by atoms with E-state index in [-0.39, 0.29) is 25.2 Å². The molecule has 0 aliphatic heterocycles. The lowest BCUT2D eigenvalue weighted by Crippen LogP contribution is -2.28. The first-order valence-corrected chi connectivity index (χ1v) is 29.1. The molecule has 0 radical (unpaired) electrons. The average Bonchev–Trinajstić information content (AvgIpc) is 3.33. The van der Waals surface area contributed by atoms with Crippen LogP contribution < -0.4 is 0 Å². The van der Waals surface area contributed by atoms with Gasteiger partial charge in [0.05, 0.1) is 32.2 Å². The van der Waals surface area contributed by atoms with Crippen LogP contribution >= 0.6 is 0 Å². The van der Waals surface area contributed by atoms with Gasteiger partial charge in [-0.3, -0.25) is 9.59 Å². The van der Waals surface area contributed by atoms with Crippen molar-refractivity contribution in [2.24, 2.45) is 5.92 Å². The van der Waals surface area contributed by atoms with Crippen molar-refractivity contribution >= 4 is 17.9 Å².